The number of hydrogen-bond acceptors (Lipinski definition) is 3. The van der Waals surface area contributed by atoms with Gasteiger partial charge >= 0.3 is 12.0 Å². The highest BCUT2D eigenvalue weighted by Crippen LogP contribution is 2.08. The number of hydrogen-bond donors (Lipinski definition) is 4. The number of carbonyl (C=O) groups is 3. The number of amides is 3. The first-order chi connectivity index (χ1) is 8.52. The minimum atomic E-state index is -1.17. The number of urea groups is 1. The molecule has 0 unspecified atom stereocenters. The maximum absolute atomic E-state index is 11.7. The van der Waals surface area contributed by atoms with Gasteiger partial charge in [-0.3, -0.25) is 4.79 Å². The maximum atomic E-state index is 11.7. The fourth-order valence-electron chi connectivity index (χ4n) is 1.32. The predicted octanol–water partition coefficient (Wildman–Crippen LogP) is -0.217. The fraction of sp³-hybridized carbons (Fsp3) is 0.182. The van der Waals surface area contributed by atoms with Crippen molar-refractivity contribution in [2.75, 3.05) is 13.1 Å². The molecule has 0 aliphatic carbocycles. The summed E-state index contributed by atoms with van der Waals surface area (Å²) in [5.74, 6) is -1.68. The van der Waals surface area contributed by atoms with Crippen LogP contribution in [-0.2, 0) is 0 Å². The van der Waals surface area contributed by atoms with Crippen LogP contribution in [0.15, 0.2) is 24.3 Å². The Hall–Kier alpha value is -2.57. The number of benzene rings is 1. The van der Waals surface area contributed by atoms with E-state index in [-0.39, 0.29) is 24.2 Å². The molecule has 0 saturated carbocycles. The lowest BCUT2D eigenvalue weighted by molar-refractivity contribution is 0.0691. The van der Waals surface area contributed by atoms with Crippen LogP contribution in [0.5, 0.6) is 0 Å². The van der Waals surface area contributed by atoms with Gasteiger partial charge in [0.2, 0.25) is 0 Å². The lowest BCUT2D eigenvalue weighted by Crippen LogP contribution is -2.37. The summed E-state index contributed by atoms with van der Waals surface area (Å²) in [6, 6.07) is 5.19. The molecule has 7 nitrogen and oxygen atoms in total. The minimum absolute atomic E-state index is 0.0714. The standard InChI is InChI=1S/C11H13N3O4/c12-11(18)14-6-5-13-9(15)7-3-1-2-4-8(7)10(16)17/h1-4H,5-6H2,(H,13,15)(H,16,17)(H3,12,14,18). The van der Waals surface area contributed by atoms with Gasteiger partial charge in [-0.05, 0) is 12.1 Å². The Labute approximate surface area is 103 Å². The van der Waals surface area contributed by atoms with Gasteiger partial charge in [0.1, 0.15) is 0 Å². The lowest BCUT2D eigenvalue weighted by atomic mass is 10.1. The Morgan fingerprint density at radius 1 is 1.06 bits per heavy atom. The second-order valence-corrected chi connectivity index (χ2v) is 3.40. The molecular weight excluding hydrogens is 238 g/mol. The molecule has 0 heterocycles. The fourth-order valence-corrected chi connectivity index (χ4v) is 1.32. The molecule has 0 spiro atoms. The van der Waals surface area contributed by atoms with Crippen LogP contribution < -0.4 is 16.4 Å². The molecule has 0 atom stereocenters. The van der Waals surface area contributed by atoms with Crippen LogP contribution in [0, 0.1) is 0 Å². The minimum Gasteiger partial charge on any atom is -0.478 e. The molecule has 7 heteroatoms. The van der Waals surface area contributed by atoms with Gasteiger partial charge in [0.15, 0.2) is 0 Å². The Morgan fingerprint density at radius 3 is 2.17 bits per heavy atom. The van der Waals surface area contributed by atoms with Crippen LogP contribution in [0.4, 0.5) is 4.79 Å². The van der Waals surface area contributed by atoms with Crippen LogP contribution in [0.25, 0.3) is 0 Å². The van der Waals surface area contributed by atoms with Crippen LogP contribution >= 0.6 is 0 Å². The first-order valence-electron chi connectivity index (χ1n) is 5.16. The summed E-state index contributed by atoms with van der Waals surface area (Å²) in [6.07, 6.45) is 0. The van der Waals surface area contributed by atoms with Crippen molar-refractivity contribution in [3.05, 3.63) is 35.4 Å². The molecule has 0 aromatic heterocycles. The smallest absolute Gasteiger partial charge is 0.336 e. The number of primary amides is 1. The molecule has 0 saturated heterocycles. The van der Waals surface area contributed by atoms with E-state index < -0.39 is 17.9 Å². The van der Waals surface area contributed by atoms with E-state index in [0.717, 1.165) is 0 Å². The SMILES string of the molecule is NC(=O)NCCNC(=O)c1ccccc1C(=O)O. The van der Waals surface area contributed by atoms with Crippen molar-refractivity contribution in [2.24, 2.45) is 5.73 Å². The summed E-state index contributed by atoms with van der Waals surface area (Å²) < 4.78 is 0. The Kier molecular flexibility index (Phi) is 4.67. The van der Waals surface area contributed by atoms with E-state index in [1.54, 1.807) is 6.07 Å². The first kappa shape index (κ1) is 13.5. The van der Waals surface area contributed by atoms with Gasteiger partial charge in [0, 0.05) is 13.1 Å². The molecule has 3 amide bonds. The van der Waals surface area contributed by atoms with Crippen LogP contribution in [0.2, 0.25) is 0 Å². The summed E-state index contributed by atoms with van der Waals surface area (Å²) in [6.45, 7) is 0.339. The number of nitrogens with one attached hydrogen (secondary N) is 2. The average Bonchev–Trinajstić information content (AvgIpc) is 2.34. The monoisotopic (exact) mass is 251 g/mol. The highest BCUT2D eigenvalue weighted by molar-refractivity contribution is 6.04. The summed E-state index contributed by atoms with van der Waals surface area (Å²) in [5, 5.41) is 13.7. The Bertz CT molecular complexity index is 473. The predicted molar refractivity (Wildman–Crippen MR) is 63.3 cm³/mol. The highest BCUT2D eigenvalue weighted by Gasteiger charge is 2.14. The van der Waals surface area contributed by atoms with E-state index in [9.17, 15) is 14.4 Å². The number of aromatic carboxylic acids is 1. The quantitative estimate of drug-likeness (QED) is 0.540. The van der Waals surface area contributed by atoms with Gasteiger partial charge in [-0.15, -0.1) is 0 Å². The molecule has 5 N–H and O–H groups in total. The Morgan fingerprint density at radius 2 is 1.61 bits per heavy atom. The highest BCUT2D eigenvalue weighted by atomic mass is 16.4. The van der Waals surface area contributed by atoms with Gasteiger partial charge in [-0.2, -0.15) is 0 Å². The summed E-state index contributed by atoms with van der Waals surface area (Å²) >= 11 is 0. The zero-order chi connectivity index (χ0) is 13.5. The van der Waals surface area contributed by atoms with Crippen molar-refractivity contribution in [3.8, 4) is 0 Å². The zero-order valence-electron chi connectivity index (χ0n) is 9.47. The maximum Gasteiger partial charge on any atom is 0.336 e. The van der Waals surface area contributed by atoms with Gasteiger partial charge in [-0.25, -0.2) is 9.59 Å². The van der Waals surface area contributed by atoms with E-state index in [0.29, 0.717) is 0 Å². The molecule has 0 aliphatic rings. The number of nitrogens with two attached hydrogens (primary N) is 1. The van der Waals surface area contributed by atoms with E-state index in [2.05, 4.69) is 10.6 Å². The molecule has 18 heavy (non-hydrogen) atoms. The van der Waals surface area contributed by atoms with E-state index >= 15 is 0 Å². The molecular formula is C11H13N3O4. The van der Waals surface area contributed by atoms with Crippen molar-refractivity contribution >= 4 is 17.9 Å². The number of rotatable bonds is 5. The molecule has 0 aliphatic heterocycles. The largest absolute Gasteiger partial charge is 0.478 e. The van der Waals surface area contributed by atoms with Gasteiger partial charge < -0.3 is 21.5 Å². The van der Waals surface area contributed by atoms with Crippen LogP contribution in [0.3, 0.4) is 0 Å². The van der Waals surface area contributed by atoms with E-state index in [1.165, 1.54) is 18.2 Å². The normalized spacial score (nSPS) is 9.56. The summed E-state index contributed by atoms with van der Waals surface area (Å²) in [4.78, 5) is 33.0. The number of carboxylic acids is 1. The van der Waals surface area contributed by atoms with Crippen LogP contribution in [0.1, 0.15) is 20.7 Å². The first-order valence-corrected chi connectivity index (χ1v) is 5.16. The summed E-state index contributed by atoms with van der Waals surface area (Å²) in [5.41, 5.74) is 4.85. The molecule has 0 fully saturated rings. The number of carboxylic acid groups (broad SMARTS) is 1. The third kappa shape index (κ3) is 3.78. The third-order valence-electron chi connectivity index (χ3n) is 2.11. The van der Waals surface area contributed by atoms with Crippen molar-refractivity contribution in [2.45, 2.75) is 0 Å². The van der Waals surface area contributed by atoms with E-state index in [4.69, 9.17) is 10.8 Å². The molecule has 1 aromatic rings. The number of carbonyl (C=O) groups excluding carboxylic acids is 2. The molecule has 0 radical (unpaired) electrons. The molecule has 1 aromatic carbocycles. The molecule has 0 bridgehead atoms. The summed E-state index contributed by atoms with van der Waals surface area (Å²) in [7, 11) is 0. The van der Waals surface area contributed by atoms with Crippen molar-refractivity contribution < 1.29 is 19.5 Å². The van der Waals surface area contributed by atoms with Crippen molar-refractivity contribution in [1.82, 2.24) is 10.6 Å². The topological polar surface area (TPSA) is 122 Å². The second-order valence-electron chi connectivity index (χ2n) is 3.40. The lowest BCUT2D eigenvalue weighted by Gasteiger charge is -2.07. The second kappa shape index (κ2) is 6.24. The average molecular weight is 251 g/mol. The zero-order valence-corrected chi connectivity index (χ0v) is 9.47. The molecule has 1 rings (SSSR count). The van der Waals surface area contributed by atoms with Crippen molar-refractivity contribution in [3.63, 3.8) is 0 Å². The van der Waals surface area contributed by atoms with Crippen molar-refractivity contribution in [1.29, 1.82) is 0 Å². The molecule has 96 valence electrons. The van der Waals surface area contributed by atoms with Crippen LogP contribution in [-0.4, -0.2) is 36.1 Å². The third-order valence-corrected chi connectivity index (χ3v) is 2.11. The van der Waals surface area contributed by atoms with E-state index in [1.807, 2.05) is 0 Å². The van der Waals surface area contributed by atoms with Gasteiger partial charge in [0.05, 0.1) is 11.1 Å². The van der Waals surface area contributed by atoms with Gasteiger partial charge in [-0.1, -0.05) is 12.1 Å². The van der Waals surface area contributed by atoms with Gasteiger partial charge in [0.25, 0.3) is 5.91 Å². The Balaban J connectivity index is 2.61.